The van der Waals surface area contributed by atoms with Crippen molar-refractivity contribution < 1.29 is 32.5 Å². The summed E-state index contributed by atoms with van der Waals surface area (Å²) in [7, 11) is 4.12. The second-order valence-electron chi connectivity index (χ2n) is 4.35. The highest BCUT2D eigenvalue weighted by molar-refractivity contribution is 5.85. The molecule has 0 bridgehead atoms. The van der Waals surface area contributed by atoms with Gasteiger partial charge in [-0.05, 0) is 6.07 Å². The molecule has 0 spiro atoms. The smallest absolute Gasteiger partial charge is 0.403 e. The number of aliphatic hydroxyl groups is 1. The predicted molar refractivity (Wildman–Crippen MR) is 77.0 cm³/mol. The highest BCUT2D eigenvalue weighted by Crippen LogP contribution is 2.39. The molecule has 0 aliphatic heterocycles. The van der Waals surface area contributed by atoms with Gasteiger partial charge in [0.2, 0.25) is 0 Å². The number of nitrogens with two attached hydrogens (primary N) is 1. The number of alkyl halides is 3. The fourth-order valence-electron chi connectivity index (χ4n) is 1.81. The molecular weight excluding hydrogens is 327 g/mol. The van der Waals surface area contributed by atoms with E-state index in [9.17, 15) is 18.3 Å². The Morgan fingerprint density at radius 2 is 1.50 bits per heavy atom. The van der Waals surface area contributed by atoms with Crippen molar-refractivity contribution >= 4 is 12.4 Å². The maximum atomic E-state index is 12.5. The van der Waals surface area contributed by atoms with Gasteiger partial charge in [-0.15, -0.1) is 12.4 Å². The number of benzene rings is 1. The summed E-state index contributed by atoms with van der Waals surface area (Å²) < 4.78 is 52.5. The zero-order valence-electron chi connectivity index (χ0n) is 12.3. The molecule has 1 rings (SSSR count). The van der Waals surface area contributed by atoms with Crippen molar-refractivity contribution in [2.75, 3.05) is 21.3 Å². The summed E-state index contributed by atoms with van der Waals surface area (Å²) in [5.41, 5.74) is 5.17. The Morgan fingerprint density at radius 3 is 1.91 bits per heavy atom. The molecule has 0 aliphatic rings. The molecule has 9 heteroatoms. The van der Waals surface area contributed by atoms with Gasteiger partial charge in [-0.1, -0.05) is 0 Å². The summed E-state index contributed by atoms with van der Waals surface area (Å²) in [6.45, 7) is 0. The van der Waals surface area contributed by atoms with Crippen molar-refractivity contribution in [3.8, 4) is 17.2 Å². The third-order valence-corrected chi connectivity index (χ3v) is 2.99. The van der Waals surface area contributed by atoms with Gasteiger partial charge in [0.25, 0.3) is 0 Å². The Balaban J connectivity index is 0.00000441. The summed E-state index contributed by atoms with van der Waals surface area (Å²) in [6, 6.07) is 0.660. The molecule has 0 fully saturated rings. The van der Waals surface area contributed by atoms with E-state index in [4.69, 9.17) is 19.9 Å². The van der Waals surface area contributed by atoms with E-state index < -0.39 is 24.7 Å². The van der Waals surface area contributed by atoms with Gasteiger partial charge in [0.15, 0.2) is 11.5 Å². The monoisotopic (exact) mass is 345 g/mol. The summed E-state index contributed by atoms with van der Waals surface area (Å²) >= 11 is 0. The Hall–Kier alpha value is -1.38. The van der Waals surface area contributed by atoms with E-state index in [0.29, 0.717) is 5.75 Å². The second-order valence-corrected chi connectivity index (χ2v) is 4.35. The molecule has 0 amide bonds. The Labute approximate surface area is 132 Å². The van der Waals surface area contributed by atoms with Crippen LogP contribution in [0.2, 0.25) is 0 Å². The Morgan fingerprint density at radius 1 is 1.05 bits per heavy atom. The molecular formula is C13H19ClF3NO4. The number of hydrogen-bond donors (Lipinski definition) is 2. The predicted octanol–water partition coefficient (Wildman–Crippen LogP) is 2.45. The van der Waals surface area contributed by atoms with E-state index in [1.54, 1.807) is 0 Å². The summed E-state index contributed by atoms with van der Waals surface area (Å²) in [6.07, 6.45) is -6.71. The molecule has 0 aliphatic carbocycles. The molecule has 1 aromatic rings. The number of rotatable bonds is 6. The first kappa shape index (κ1) is 20.6. The highest BCUT2D eigenvalue weighted by atomic mass is 35.5. The van der Waals surface area contributed by atoms with Crippen LogP contribution in [0.3, 0.4) is 0 Å². The lowest BCUT2D eigenvalue weighted by Gasteiger charge is -2.21. The van der Waals surface area contributed by atoms with E-state index in [2.05, 4.69) is 0 Å². The van der Waals surface area contributed by atoms with Crippen LogP contribution in [0.25, 0.3) is 0 Å². The summed E-state index contributed by atoms with van der Waals surface area (Å²) in [4.78, 5) is 0. The largest absolute Gasteiger partial charge is 0.496 e. The Bertz CT molecular complexity index is 485. The molecule has 3 N–H and O–H groups in total. The Kier molecular flexibility index (Phi) is 7.78. The van der Waals surface area contributed by atoms with Crippen molar-refractivity contribution in [3.05, 3.63) is 17.7 Å². The first-order valence-electron chi connectivity index (χ1n) is 6.04. The zero-order chi connectivity index (χ0) is 16.2. The number of ether oxygens (including phenoxy) is 3. The molecule has 0 heterocycles. The van der Waals surface area contributed by atoms with Crippen molar-refractivity contribution in [3.63, 3.8) is 0 Å². The van der Waals surface area contributed by atoms with Gasteiger partial charge in [0.05, 0.1) is 27.4 Å². The van der Waals surface area contributed by atoms with Crippen LogP contribution in [-0.4, -0.2) is 38.7 Å². The lowest BCUT2D eigenvalue weighted by molar-refractivity contribution is -0.153. The maximum absolute atomic E-state index is 12.5. The van der Waals surface area contributed by atoms with Gasteiger partial charge >= 0.3 is 6.18 Å². The number of methoxy groups -OCH3 is 3. The minimum Gasteiger partial charge on any atom is -0.496 e. The molecule has 1 aromatic carbocycles. The minimum atomic E-state index is -4.58. The molecule has 0 unspecified atom stereocenters. The van der Waals surface area contributed by atoms with Crippen molar-refractivity contribution in [2.45, 2.75) is 24.7 Å². The summed E-state index contributed by atoms with van der Waals surface area (Å²) in [5, 5.41) is 9.99. The SMILES string of the molecule is COc1cc(OC)c([C@@H](O)C[C@@H](N)C(F)(F)F)cc1OC.Cl. The van der Waals surface area contributed by atoms with Crippen molar-refractivity contribution in [1.82, 2.24) is 0 Å². The first-order chi connectivity index (χ1) is 9.74. The van der Waals surface area contributed by atoms with Gasteiger partial charge in [-0.3, -0.25) is 0 Å². The third-order valence-electron chi connectivity index (χ3n) is 2.99. The van der Waals surface area contributed by atoms with E-state index >= 15 is 0 Å². The molecule has 128 valence electrons. The van der Waals surface area contributed by atoms with Crippen LogP contribution in [0.4, 0.5) is 13.2 Å². The van der Waals surface area contributed by atoms with Crippen LogP contribution in [0, 0.1) is 0 Å². The quantitative estimate of drug-likeness (QED) is 0.828. The summed E-state index contributed by atoms with van der Waals surface area (Å²) in [5.74, 6) is 0.799. The average molecular weight is 346 g/mol. The number of hydrogen-bond acceptors (Lipinski definition) is 5. The van der Waals surface area contributed by atoms with E-state index in [-0.39, 0.29) is 29.5 Å². The third kappa shape index (κ3) is 4.82. The molecule has 2 atom stereocenters. The fourth-order valence-corrected chi connectivity index (χ4v) is 1.81. The van der Waals surface area contributed by atoms with Crippen LogP contribution in [-0.2, 0) is 0 Å². The number of halogens is 4. The zero-order valence-corrected chi connectivity index (χ0v) is 13.1. The highest BCUT2D eigenvalue weighted by Gasteiger charge is 2.38. The van der Waals surface area contributed by atoms with Gasteiger partial charge in [-0.2, -0.15) is 13.2 Å². The fraction of sp³-hybridized carbons (Fsp3) is 0.538. The molecule has 22 heavy (non-hydrogen) atoms. The van der Waals surface area contributed by atoms with Gasteiger partial charge in [0.1, 0.15) is 11.8 Å². The van der Waals surface area contributed by atoms with Crippen LogP contribution in [0.5, 0.6) is 17.2 Å². The van der Waals surface area contributed by atoms with E-state index in [1.165, 1.54) is 33.5 Å². The topological polar surface area (TPSA) is 73.9 Å². The molecule has 0 aromatic heterocycles. The van der Waals surface area contributed by atoms with Crippen molar-refractivity contribution in [2.24, 2.45) is 5.73 Å². The molecule has 0 radical (unpaired) electrons. The maximum Gasteiger partial charge on any atom is 0.403 e. The van der Waals surface area contributed by atoms with Crippen molar-refractivity contribution in [1.29, 1.82) is 0 Å². The molecule has 0 saturated carbocycles. The van der Waals surface area contributed by atoms with Crippen LogP contribution >= 0.6 is 12.4 Å². The van der Waals surface area contributed by atoms with Gasteiger partial charge < -0.3 is 25.1 Å². The lowest BCUT2D eigenvalue weighted by atomic mass is 10.0. The van der Waals surface area contributed by atoms with Gasteiger partial charge in [0, 0.05) is 18.1 Å². The van der Waals surface area contributed by atoms with Crippen LogP contribution < -0.4 is 19.9 Å². The van der Waals surface area contributed by atoms with Gasteiger partial charge in [-0.25, -0.2) is 0 Å². The first-order valence-corrected chi connectivity index (χ1v) is 6.04. The van der Waals surface area contributed by atoms with Crippen LogP contribution in [0.15, 0.2) is 12.1 Å². The lowest BCUT2D eigenvalue weighted by Crippen LogP contribution is -2.38. The number of aliphatic hydroxyl groups excluding tert-OH is 1. The molecule has 5 nitrogen and oxygen atoms in total. The second kappa shape index (κ2) is 8.30. The molecule has 0 saturated heterocycles. The van der Waals surface area contributed by atoms with E-state index in [1.807, 2.05) is 0 Å². The van der Waals surface area contributed by atoms with E-state index in [0.717, 1.165) is 0 Å². The normalized spacial score (nSPS) is 13.8. The van der Waals surface area contributed by atoms with Crippen LogP contribution in [0.1, 0.15) is 18.1 Å². The average Bonchev–Trinajstić information content (AvgIpc) is 2.44. The minimum absolute atomic E-state index is 0. The standard InChI is InChI=1S/C13H18F3NO4.ClH/c1-19-9-6-11(21-3)10(20-2)4-7(9)8(18)5-12(17)13(14,15)16;/h4,6,8,12,18H,5,17H2,1-3H3;1H/t8-,12+;/m0./s1.